The summed E-state index contributed by atoms with van der Waals surface area (Å²) in [5.74, 6) is 1.39. The number of rotatable bonds is 24. The fourth-order valence-corrected chi connectivity index (χ4v) is 16.0. The van der Waals surface area contributed by atoms with Crippen LogP contribution in [0.4, 0.5) is 32.9 Å². The molecule has 2 amide bonds. The highest BCUT2D eigenvalue weighted by Gasteiger charge is 2.30. The van der Waals surface area contributed by atoms with Gasteiger partial charge in [0.05, 0.1) is 46.7 Å². The van der Waals surface area contributed by atoms with Crippen molar-refractivity contribution in [1.82, 2.24) is 60.0 Å². The Kier molecular flexibility index (Phi) is 27.3. The second-order valence-corrected chi connectivity index (χ2v) is 36.3. The number of H-pyrrole nitrogens is 1. The molecule has 504 valence electrons. The van der Waals surface area contributed by atoms with Gasteiger partial charge >= 0.3 is 12.2 Å². The summed E-state index contributed by atoms with van der Waals surface area (Å²) in [5, 5.41) is 28.7. The highest BCUT2D eigenvalue weighted by atomic mass is 32.2. The van der Waals surface area contributed by atoms with Crippen LogP contribution < -0.4 is 30.7 Å². The fraction of sp³-hybridized carbons (Fsp3) is 0.492. The van der Waals surface area contributed by atoms with Gasteiger partial charge in [0, 0.05) is 86.6 Å². The van der Waals surface area contributed by atoms with Crippen molar-refractivity contribution in [2.24, 2.45) is 0 Å². The van der Waals surface area contributed by atoms with E-state index in [0.717, 1.165) is 82.7 Å². The molecule has 2 saturated carbocycles. The van der Waals surface area contributed by atoms with Crippen LogP contribution in [0, 0.1) is 6.92 Å². The SMILES string of the molecule is CCNS(=O)(=O)c1cc(Nc2ncn[nH]2)ccc1-c1cnc(C2CCC(NC(=O)OC(C)C)CC2)s1.CCNS(=O)(=O)c1cc(Nc2nncn2COCC[Si](C)(C)C)ccc1-c1cnc(C2CCC(NC(=O)OC(C)C)CC2)s1.Cc1ccc(S(=O)(=O)O)cc1.O. The predicted molar refractivity (Wildman–Crippen MR) is 358 cm³/mol. The summed E-state index contributed by atoms with van der Waals surface area (Å²) < 4.78 is 106. The van der Waals surface area contributed by atoms with Gasteiger partial charge in [-0.1, -0.05) is 63.3 Å². The van der Waals surface area contributed by atoms with E-state index in [9.17, 15) is 34.8 Å². The van der Waals surface area contributed by atoms with Gasteiger partial charge < -0.3 is 41.0 Å². The Bertz CT molecular complexity index is 3830. The summed E-state index contributed by atoms with van der Waals surface area (Å²) in [6.07, 6.45) is 12.3. The number of aromatic nitrogens is 8. The van der Waals surface area contributed by atoms with Crippen LogP contribution in [0.25, 0.3) is 20.9 Å². The quantitative estimate of drug-likeness (QED) is 0.0158. The zero-order valence-corrected chi connectivity index (χ0v) is 58.4. The van der Waals surface area contributed by atoms with Gasteiger partial charge in [-0.05, 0) is 128 Å². The first kappa shape index (κ1) is 74.2. The third kappa shape index (κ3) is 22.5. The van der Waals surface area contributed by atoms with Gasteiger partial charge in [0.2, 0.25) is 31.9 Å². The molecule has 3 aromatic carbocycles. The van der Waals surface area contributed by atoms with Gasteiger partial charge in [-0.2, -0.15) is 18.5 Å². The molecule has 0 unspecified atom stereocenters. The normalized spacial score (nSPS) is 16.9. The second kappa shape index (κ2) is 33.9. The third-order valence-corrected chi connectivity index (χ3v) is 22.5. The first-order chi connectivity index (χ1) is 43.1. The Labute approximate surface area is 547 Å². The number of sulfonamides is 2. The number of aromatic amines is 1. The number of aryl methyl sites for hydroxylation is 1. The fourth-order valence-electron chi connectivity index (χ4n) is 9.82. The highest BCUT2D eigenvalue weighted by Crippen LogP contribution is 2.42. The van der Waals surface area contributed by atoms with E-state index in [-0.39, 0.29) is 81.6 Å². The van der Waals surface area contributed by atoms with Crippen molar-refractivity contribution >= 4 is 96.4 Å². The Balaban J connectivity index is 0.000000251. The summed E-state index contributed by atoms with van der Waals surface area (Å²) in [5.41, 5.74) is 3.27. The minimum atomic E-state index is -4.02. The molecule has 4 heterocycles. The third-order valence-electron chi connectivity index (χ3n) is 14.4. The van der Waals surface area contributed by atoms with Crippen molar-refractivity contribution in [3.8, 4) is 20.9 Å². The number of thiazole rings is 2. The number of ether oxygens (including phenoxy) is 3. The van der Waals surface area contributed by atoms with Crippen LogP contribution >= 0.6 is 22.7 Å². The van der Waals surface area contributed by atoms with Crippen molar-refractivity contribution in [2.45, 2.75) is 183 Å². The molecule has 0 atom stereocenters. The molecule has 0 saturated heterocycles. The maximum absolute atomic E-state index is 13.4. The highest BCUT2D eigenvalue weighted by molar-refractivity contribution is 7.90. The van der Waals surface area contributed by atoms with Crippen LogP contribution in [0.15, 0.2) is 100 Å². The molecule has 33 heteroatoms. The number of amides is 2. The van der Waals surface area contributed by atoms with Crippen LogP contribution in [0.3, 0.4) is 0 Å². The number of carbonyl (C=O) groups is 2. The lowest BCUT2D eigenvalue weighted by molar-refractivity contribution is 0.0883. The predicted octanol–water partition coefficient (Wildman–Crippen LogP) is 10.5. The van der Waals surface area contributed by atoms with Crippen molar-refractivity contribution in [1.29, 1.82) is 0 Å². The average Bonchev–Trinajstić information content (AvgIpc) is 1.45. The van der Waals surface area contributed by atoms with E-state index in [1.165, 1.54) is 41.1 Å². The number of anilines is 4. The molecule has 10 N–H and O–H groups in total. The molecule has 0 bridgehead atoms. The number of hydrogen-bond donors (Lipinski definition) is 8. The molecule has 2 aliphatic carbocycles. The van der Waals surface area contributed by atoms with E-state index in [4.69, 9.17) is 23.7 Å². The summed E-state index contributed by atoms with van der Waals surface area (Å²) in [6.45, 7) is 21.0. The molecular weight excluding hydrogens is 1300 g/mol. The lowest BCUT2D eigenvalue weighted by atomic mass is 9.86. The molecule has 2 fully saturated rings. The Morgan fingerprint density at radius 3 is 1.60 bits per heavy atom. The minimum absolute atomic E-state index is 0. The van der Waals surface area contributed by atoms with Gasteiger partial charge in [-0.25, -0.2) is 50.9 Å². The molecule has 27 nitrogen and oxygen atoms in total. The van der Waals surface area contributed by atoms with Crippen molar-refractivity contribution in [3.05, 3.63) is 101 Å². The van der Waals surface area contributed by atoms with Crippen LogP contribution in [-0.2, 0) is 51.1 Å². The molecule has 92 heavy (non-hydrogen) atoms. The van der Waals surface area contributed by atoms with Crippen molar-refractivity contribution in [2.75, 3.05) is 30.3 Å². The van der Waals surface area contributed by atoms with E-state index in [2.05, 4.69) is 80.7 Å². The summed E-state index contributed by atoms with van der Waals surface area (Å²) in [6, 6.07) is 17.6. The van der Waals surface area contributed by atoms with E-state index >= 15 is 0 Å². The zero-order valence-electron chi connectivity index (χ0n) is 53.3. The molecule has 0 radical (unpaired) electrons. The monoisotopic (exact) mass is 1390 g/mol. The molecular formula is C59H86N14O13S5Si. The van der Waals surface area contributed by atoms with Crippen LogP contribution in [0.5, 0.6) is 0 Å². The van der Waals surface area contributed by atoms with E-state index in [1.807, 2.05) is 40.7 Å². The summed E-state index contributed by atoms with van der Waals surface area (Å²) in [4.78, 5) is 39.1. The molecule has 0 aliphatic heterocycles. The lowest BCUT2D eigenvalue weighted by Crippen LogP contribution is -2.38. The smallest absolute Gasteiger partial charge is 0.407 e. The molecule has 9 rings (SSSR count). The number of alkyl carbamates (subject to hydrolysis) is 2. The minimum Gasteiger partial charge on any atom is -0.447 e. The van der Waals surface area contributed by atoms with Crippen molar-refractivity contribution in [3.63, 3.8) is 0 Å². The number of nitrogens with one attached hydrogen (secondary N) is 7. The van der Waals surface area contributed by atoms with E-state index in [1.54, 1.807) is 79.6 Å². The van der Waals surface area contributed by atoms with E-state index in [0.29, 0.717) is 47.7 Å². The Morgan fingerprint density at radius 1 is 0.696 bits per heavy atom. The summed E-state index contributed by atoms with van der Waals surface area (Å²) in [7, 11) is -12.8. The van der Waals surface area contributed by atoms with Gasteiger partial charge in [0.1, 0.15) is 19.4 Å². The average molecular weight is 1390 g/mol. The number of carbonyl (C=O) groups excluding carboxylic acids is 2. The number of nitrogens with zero attached hydrogens (tertiary/aromatic N) is 7. The topological polar surface area (TPSA) is 386 Å². The maximum Gasteiger partial charge on any atom is 0.407 e. The first-order valence-electron chi connectivity index (χ1n) is 30.1. The van der Waals surface area contributed by atoms with Crippen LogP contribution in [-0.4, -0.2) is 139 Å². The zero-order chi connectivity index (χ0) is 66.1. The largest absolute Gasteiger partial charge is 0.447 e. The van der Waals surface area contributed by atoms with Gasteiger partial charge in [0.25, 0.3) is 10.1 Å². The Hall–Kier alpha value is -6.79. The molecule has 2 aliphatic rings. The molecule has 7 aromatic rings. The molecule has 0 spiro atoms. The molecule has 4 aromatic heterocycles. The second-order valence-electron chi connectivity index (χ2n) is 23.7. The maximum atomic E-state index is 13.4. The van der Waals surface area contributed by atoms with Crippen LogP contribution in [0.1, 0.15) is 120 Å². The van der Waals surface area contributed by atoms with Gasteiger partial charge in [0.15, 0.2) is 0 Å². The first-order valence-corrected chi connectivity index (χ1v) is 39.9. The summed E-state index contributed by atoms with van der Waals surface area (Å²) >= 11 is 3.03. The standard InChI is InChI=1S/C29H45N7O5S2Si.C23H31N7O4S2.C7H8O3S.H2O/c1-7-32-43(38,39)26-16-23(33-28-35-31-18-36(28)19-40-14-15-44(4,5)6)12-13-24(26)25-17-30-27(42-25)21-8-10-22(11-9-21)34-29(37)41-20(2)3;1-4-27-36(32,33)20-11-17(28-22-25-13-26-30-22)9-10-18(20)19-12-24-21(35-19)15-5-7-16(8-6-15)29-23(31)34-14(2)3;1-6-2-4-7(5-3-6)11(8,9)10;/h12-13,16-18,20-22,32H,7-11,14-15,19H2,1-6H3,(H,33,35)(H,34,37);9-16,27H,4-8H2,1-3H3,(H,29,31)(H2,25,26,28,30);2-5H,1H3,(H,8,9,10);1H2. The number of hydrogen-bond acceptors (Lipinski definition) is 21. The van der Waals surface area contributed by atoms with Gasteiger partial charge in [-0.15, -0.1) is 32.9 Å². The van der Waals surface area contributed by atoms with Crippen molar-refractivity contribution < 1.29 is 59.1 Å². The number of benzene rings is 3. The lowest BCUT2D eigenvalue weighted by Gasteiger charge is -2.28. The Morgan fingerprint density at radius 2 is 1.17 bits per heavy atom. The van der Waals surface area contributed by atoms with Crippen LogP contribution in [0.2, 0.25) is 25.7 Å². The van der Waals surface area contributed by atoms with E-state index < -0.39 is 38.2 Å². The van der Waals surface area contributed by atoms with Gasteiger partial charge in [-0.3, -0.25) is 9.12 Å².